The number of nitrogens with two attached hydrogens (primary N) is 1. The van der Waals surface area contributed by atoms with Gasteiger partial charge in [0.2, 0.25) is 5.91 Å². The molecule has 2 N–H and O–H groups in total. The highest BCUT2D eigenvalue weighted by Crippen LogP contribution is 2.35. The Morgan fingerprint density at radius 2 is 2.18 bits per heavy atom. The van der Waals surface area contributed by atoms with Crippen LogP contribution in [0.3, 0.4) is 0 Å². The third-order valence-corrected chi connectivity index (χ3v) is 3.81. The lowest BCUT2D eigenvalue weighted by atomic mass is 10.1. The van der Waals surface area contributed by atoms with Gasteiger partial charge >= 0.3 is 0 Å². The van der Waals surface area contributed by atoms with Gasteiger partial charge in [-0.2, -0.15) is 0 Å². The number of carbonyl (C=O) groups excluding carboxylic acids is 1. The van der Waals surface area contributed by atoms with Crippen LogP contribution in [0, 0.1) is 19.8 Å². The van der Waals surface area contributed by atoms with Crippen molar-refractivity contribution < 1.29 is 4.79 Å². The molecule has 3 nitrogen and oxygen atoms in total. The summed E-state index contributed by atoms with van der Waals surface area (Å²) in [4.78, 5) is 13.8. The number of nitrogens with zero attached hydrogens (tertiary/aromatic N) is 1. The van der Waals surface area contributed by atoms with E-state index < -0.39 is 0 Å². The van der Waals surface area contributed by atoms with E-state index in [1.807, 2.05) is 17.9 Å². The first-order chi connectivity index (χ1) is 8.02. The third kappa shape index (κ3) is 2.38. The molecule has 1 aliphatic rings. The molecule has 0 spiro atoms. The van der Waals surface area contributed by atoms with Crippen LogP contribution >= 0.6 is 15.9 Å². The minimum atomic E-state index is 0.174. The van der Waals surface area contributed by atoms with Gasteiger partial charge in [0.25, 0.3) is 0 Å². The average Bonchev–Trinajstić information content (AvgIpc) is 2.59. The summed E-state index contributed by atoms with van der Waals surface area (Å²) in [6.45, 7) is 5.40. The number of aryl methyl sites for hydroxylation is 2. The van der Waals surface area contributed by atoms with Crippen LogP contribution in [-0.2, 0) is 4.79 Å². The Morgan fingerprint density at radius 1 is 1.47 bits per heavy atom. The van der Waals surface area contributed by atoms with E-state index in [4.69, 9.17) is 5.73 Å². The predicted octanol–water partition coefficient (Wildman–Crippen LogP) is 2.38. The SMILES string of the molecule is Cc1cc(C)c(N2CC(CN)CC2=O)c(Br)c1. The molecule has 1 amide bonds. The van der Waals surface area contributed by atoms with E-state index in [1.54, 1.807) is 0 Å². The maximum atomic E-state index is 12.0. The lowest BCUT2D eigenvalue weighted by Gasteiger charge is -2.21. The van der Waals surface area contributed by atoms with Crippen molar-refractivity contribution in [2.75, 3.05) is 18.0 Å². The van der Waals surface area contributed by atoms with E-state index in [9.17, 15) is 4.79 Å². The summed E-state index contributed by atoms with van der Waals surface area (Å²) in [7, 11) is 0. The molecule has 0 saturated carbocycles. The Kier molecular flexibility index (Phi) is 3.54. The normalized spacial score (nSPS) is 20.1. The number of amides is 1. The molecule has 0 aromatic heterocycles. The third-order valence-electron chi connectivity index (χ3n) is 3.21. The zero-order valence-corrected chi connectivity index (χ0v) is 11.8. The molecule has 0 aliphatic carbocycles. The first-order valence-electron chi connectivity index (χ1n) is 5.80. The Hall–Kier alpha value is -0.870. The molecule has 0 radical (unpaired) electrons. The van der Waals surface area contributed by atoms with E-state index in [1.165, 1.54) is 5.56 Å². The molecule has 1 fully saturated rings. The van der Waals surface area contributed by atoms with Gasteiger partial charge < -0.3 is 10.6 Å². The van der Waals surface area contributed by atoms with E-state index in [0.29, 0.717) is 13.0 Å². The van der Waals surface area contributed by atoms with Gasteiger partial charge in [-0.25, -0.2) is 0 Å². The van der Waals surface area contributed by atoms with Crippen molar-refractivity contribution in [3.63, 3.8) is 0 Å². The van der Waals surface area contributed by atoms with Crippen molar-refractivity contribution in [2.45, 2.75) is 20.3 Å². The highest BCUT2D eigenvalue weighted by Gasteiger charge is 2.31. The fourth-order valence-electron chi connectivity index (χ4n) is 2.41. The highest BCUT2D eigenvalue weighted by atomic mass is 79.9. The first kappa shape index (κ1) is 12.6. The van der Waals surface area contributed by atoms with Gasteiger partial charge in [0.15, 0.2) is 0 Å². The molecule has 1 aromatic rings. The molecular formula is C13H17BrN2O. The van der Waals surface area contributed by atoms with Crippen LogP contribution in [0.2, 0.25) is 0 Å². The van der Waals surface area contributed by atoms with Crippen LogP contribution < -0.4 is 10.6 Å². The number of hydrogen-bond donors (Lipinski definition) is 1. The van der Waals surface area contributed by atoms with Gasteiger partial charge in [-0.05, 0) is 59.4 Å². The quantitative estimate of drug-likeness (QED) is 0.911. The standard InChI is InChI=1S/C13H17BrN2O/c1-8-3-9(2)13(11(14)4-8)16-7-10(6-15)5-12(16)17/h3-4,10H,5-7,15H2,1-2H3. The minimum Gasteiger partial charge on any atom is -0.330 e. The summed E-state index contributed by atoms with van der Waals surface area (Å²) in [5.41, 5.74) is 8.97. The number of carbonyl (C=O) groups is 1. The predicted molar refractivity (Wildman–Crippen MR) is 73.1 cm³/mol. The molecule has 0 bridgehead atoms. The summed E-state index contributed by atoms with van der Waals surface area (Å²) in [6, 6.07) is 4.15. The topological polar surface area (TPSA) is 46.3 Å². The zero-order valence-electron chi connectivity index (χ0n) is 10.2. The number of benzene rings is 1. The second-order valence-electron chi connectivity index (χ2n) is 4.72. The molecule has 1 saturated heterocycles. The highest BCUT2D eigenvalue weighted by molar-refractivity contribution is 9.10. The van der Waals surface area contributed by atoms with Crippen LogP contribution in [0.1, 0.15) is 17.5 Å². The Bertz CT molecular complexity index is 436. The monoisotopic (exact) mass is 296 g/mol. The molecule has 92 valence electrons. The first-order valence-corrected chi connectivity index (χ1v) is 6.59. The zero-order chi connectivity index (χ0) is 12.6. The van der Waals surface area contributed by atoms with Crippen LogP contribution in [0.15, 0.2) is 16.6 Å². The van der Waals surface area contributed by atoms with Crippen molar-refractivity contribution in [1.82, 2.24) is 0 Å². The summed E-state index contributed by atoms with van der Waals surface area (Å²) in [6.07, 6.45) is 0.566. The van der Waals surface area contributed by atoms with Crippen molar-refractivity contribution in [2.24, 2.45) is 11.7 Å². The van der Waals surface area contributed by atoms with Crippen molar-refractivity contribution in [3.8, 4) is 0 Å². The average molecular weight is 297 g/mol. The van der Waals surface area contributed by atoms with Gasteiger partial charge in [0.05, 0.1) is 5.69 Å². The molecule has 4 heteroatoms. The fourth-order valence-corrected chi connectivity index (χ4v) is 3.29. The van der Waals surface area contributed by atoms with Crippen LogP contribution in [0.25, 0.3) is 0 Å². The van der Waals surface area contributed by atoms with Crippen molar-refractivity contribution >= 4 is 27.5 Å². The number of anilines is 1. The second kappa shape index (κ2) is 4.78. The van der Waals surface area contributed by atoms with Gasteiger partial charge in [0, 0.05) is 17.4 Å². The second-order valence-corrected chi connectivity index (χ2v) is 5.58. The molecule has 1 aliphatic heterocycles. The summed E-state index contributed by atoms with van der Waals surface area (Å²) >= 11 is 3.55. The largest absolute Gasteiger partial charge is 0.330 e. The van der Waals surface area contributed by atoms with E-state index in [2.05, 4.69) is 28.9 Å². The van der Waals surface area contributed by atoms with E-state index in [-0.39, 0.29) is 11.8 Å². The smallest absolute Gasteiger partial charge is 0.227 e. The maximum Gasteiger partial charge on any atom is 0.227 e. The number of halogens is 1. The Labute approximate surface area is 110 Å². The van der Waals surface area contributed by atoms with Crippen LogP contribution in [0.4, 0.5) is 5.69 Å². The van der Waals surface area contributed by atoms with Gasteiger partial charge in [-0.3, -0.25) is 4.79 Å². The van der Waals surface area contributed by atoms with Gasteiger partial charge in [-0.15, -0.1) is 0 Å². The summed E-state index contributed by atoms with van der Waals surface area (Å²) in [5.74, 6) is 0.461. The number of hydrogen-bond acceptors (Lipinski definition) is 2. The van der Waals surface area contributed by atoms with Crippen molar-refractivity contribution in [3.05, 3.63) is 27.7 Å². The Balaban J connectivity index is 2.38. The minimum absolute atomic E-state index is 0.174. The van der Waals surface area contributed by atoms with E-state index >= 15 is 0 Å². The summed E-state index contributed by atoms with van der Waals surface area (Å²) in [5, 5.41) is 0. The Morgan fingerprint density at radius 3 is 2.71 bits per heavy atom. The number of rotatable bonds is 2. The fraction of sp³-hybridized carbons (Fsp3) is 0.462. The lowest BCUT2D eigenvalue weighted by molar-refractivity contribution is -0.117. The molecule has 2 rings (SSSR count). The molecule has 1 atom stereocenters. The van der Waals surface area contributed by atoms with Crippen molar-refractivity contribution in [1.29, 1.82) is 0 Å². The van der Waals surface area contributed by atoms with E-state index in [0.717, 1.165) is 22.3 Å². The lowest BCUT2D eigenvalue weighted by Crippen LogP contribution is -2.26. The molecule has 1 aromatic carbocycles. The summed E-state index contributed by atoms with van der Waals surface area (Å²) < 4.78 is 0.987. The molecule has 1 unspecified atom stereocenters. The van der Waals surface area contributed by atoms with Gasteiger partial charge in [-0.1, -0.05) is 6.07 Å². The molecular weight excluding hydrogens is 280 g/mol. The van der Waals surface area contributed by atoms with Crippen LogP contribution in [0.5, 0.6) is 0 Å². The molecule has 17 heavy (non-hydrogen) atoms. The van der Waals surface area contributed by atoms with Crippen LogP contribution in [-0.4, -0.2) is 19.0 Å². The molecule has 1 heterocycles. The maximum absolute atomic E-state index is 12.0. The van der Waals surface area contributed by atoms with Gasteiger partial charge in [0.1, 0.15) is 0 Å².